The molecule has 2 amide bonds. The van der Waals surface area contributed by atoms with Crippen LogP contribution in [0.5, 0.6) is 0 Å². The van der Waals surface area contributed by atoms with E-state index in [1.807, 2.05) is 12.1 Å². The molecule has 1 aromatic heterocycles. The van der Waals surface area contributed by atoms with Crippen LogP contribution >= 0.6 is 11.6 Å². The fourth-order valence-corrected chi connectivity index (χ4v) is 6.31. The van der Waals surface area contributed by atoms with Gasteiger partial charge in [-0.05, 0) is 96.1 Å². The lowest BCUT2D eigenvalue weighted by Gasteiger charge is -2.35. The maximum atomic E-state index is 15.2. The molecule has 264 valence electrons. The molecule has 2 atom stereocenters. The predicted molar refractivity (Wildman–Crippen MR) is 182 cm³/mol. The van der Waals surface area contributed by atoms with E-state index in [-0.39, 0.29) is 34.5 Å². The minimum atomic E-state index is -1.18. The standard InChI is InChI=1S/C36H34ClFN6O7/c1-22(50-36(48)51-26-8-3-2-4-9-26)49-35(47)24-11-13-25(14-12-24)40-34(46)33-27-10-6-5-7-23(27)19-20-43(33)31(45)18-15-28-30(44-21-39-41-42-44)17-16-29(37)32(28)38/h5-7,10-18,21-22,26,33H,2-4,8-9,19-20H2,1H3,(H,40,46)/b18-15+/t22?,33-/m0/s1. The van der Waals surface area contributed by atoms with Crippen LogP contribution in [0.4, 0.5) is 14.9 Å². The molecular weight excluding hydrogens is 683 g/mol. The Morgan fingerprint density at radius 2 is 1.76 bits per heavy atom. The molecule has 4 aromatic rings. The fourth-order valence-electron chi connectivity index (χ4n) is 6.15. The highest BCUT2D eigenvalue weighted by Gasteiger charge is 2.35. The first-order valence-electron chi connectivity index (χ1n) is 16.4. The molecular formula is C36H34ClFN6O7. The third kappa shape index (κ3) is 8.40. The van der Waals surface area contributed by atoms with Gasteiger partial charge in [-0.1, -0.05) is 42.3 Å². The molecule has 1 aliphatic carbocycles. The van der Waals surface area contributed by atoms with Gasteiger partial charge < -0.3 is 24.4 Å². The largest absolute Gasteiger partial charge is 0.511 e. The van der Waals surface area contributed by atoms with Crippen LogP contribution in [-0.2, 0) is 30.2 Å². The van der Waals surface area contributed by atoms with Crippen LogP contribution < -0.4 is 5.32 Å². The Labute approximate surface area is 297 Å². The Hall–Kier alpha value is -5.63. The van der Waals surface area contributed by atoms with Crippen molar-refractivity contribution in [3.63, 3.8) is 0 Å². The summed E-state index contributed by atoms with van der Waals surface area (Å²) in [6.45, 7) is 1.63. The van der Waals surface area contributed by atoms with E-state index in [4.69, 9.17) is 25.8 Å². The summed E-state index contributed by atoms with van der Waals surface area (Å²) in [6.07, 6.45) is 6.60. The smallest absolute Gasteiger partial charge is 0.431 e. The van der Waals surface area contributed by atoms with Crippen molar-refractivity contribution in [2.75, 3.05) is 11.9 Å². The van der Waals surface area contributed by atoms with E-state index in [2.05, 4.69) is 20.8 Å². The topological polar surface area (TPSA) is 155 Å². The zero-order valence-corrected chi connectivity index (χ0v) is 28.3. The van der Waals surface area contributed by atoms with Gasteiger partial charge in [0.15, 0.2) is 5.82 Å². The normalized spacial score (nSPS) is 16.6. The van der Waals surface area contributed by atoms with Gasteiger partial charge in [-0.25, -0.2) is 14.0 Å². The molecule has 0 bridgehead atoms. The molecule has 1 unspecified atom stereocenters. The van der Waals surface area contributed by atoms with Gasteiger partial charge in [0.1, 0.15) is 18.5 Å². The van der Waals surface area contributed by atoms with Crippen molar-refractivity contribution >= 4 is 47.3 Å². The first kappa shape index (κ1) is 35.2. The van der Waals surface area contributed by atoms with Crippen molar-refractivity contribution in [2.24, 2.45) is 0 Å². The van der Waals surface area contributed by atoms with Gasteiger partial charge in [0.2, 0.25) is 12.2 Å². The van der Waals surface area contributed by atoms with E-state index in [1.165, 1.54) is 71.4 Å². The Morgan fingerprint density at radius 1 is 1.00 bits per heavy atom. The summed E-state index contributed by atoms with van der Waals surface area (Å²) in [7, 11) is 0. The van der Waals surface area contributed by atoms with Crippen LogP contribution in [0.2, 0.25) is 5.02 Å². The van der Waals surface area contributed by atoms with Crippen LogP contribution in [0.25, 0.3) is 11.8 Å². The third-order valence-corrected chi connectivity index (χ3v) is 8.94. The summed E-state index contributed by atoms with van der Waals surface area (Å²) in [5.41, 5.74) is 2.31. The molecule has 3 aromatic carbocycles. The van der Waals surface area contributed by atoms with Crippen molar-refractivity contribution in [1.29, 1.82) is 0 Å². The lowest BCUT2D eigenvalue weighted by atomic mass is 9.91. The van der Waals surface area contributed by atoms with Gasteiger partial charge in [0.25, 0.3) is 5.91 Å². The SMILES string of the molecule is CC(OC(=O)OC1CCCCC1)OC(=O)c1ccc(NC(=O)[C@@H]2c3ccccc3CCN2C(=O)/C=C/c2c(-n3cnnn3)ccc(Cl)c2F)cc1. The number of benzene rings is 3. The van der Waals surface area contributed by atoms with Crippen LogP contribution in [0, 0.1) is 5.82 Å². The van der Waals surface area contributed by atoms with E-state index >= 15 is 4.39 Å². The molecule has 0 radical (unpaired) electrons. The van der Waals surface area contributed by atoms with E-state index < -0.39 is 42.1 Å². The highest BCUT2D eigenvalue weighted by molar-refractivity contribution is 6.31. The summed E-state index contributed by atoms with van der Waals surface area (Å²) in [4.78, 5) is 53.8. The summed E-state index contributed by atoms with van der Waals surface area (Å²) in [6, 6.07) is 15.1. The molecule has 0 saturated heterocycles. The molecule has 15 heteroatoms. The van der Waals surface area contributed by atoms with Crippen molar-refractivity contribution in [1.82, 2.24) is 25.1 Å². The second kappa shape index (κ2) is 15.9. The second-order valence-electron chi connectivity index (χ2n) is 12.1. The molecule has 2 heterocycles. The molecule has 0 spiro atoms. The number of rotatable bonds is 9. The first-order valence-corrected chi connectivity index (χ1v) is 16.8. The lowest BCUT2D eigenvalue weighted by Crippen LogP contribution is -2.44. The number of nitrogens with one attached hydrogen (secondary N) is 1. The number of halogens is 2. The van der Waals surface area contributed by atoms with Gasteiger partial charge in [-0.15, -0.1) is 5.10 Å². The van der Waals surface area contributed by atoms with Crippen LogP contribution in [0.3, 0.4) is 0 Å². The minimum Gasteiger partial charge on any atom is -0.431 e. The average Bonchev–Trinajstić information content (AvgIpc) is 3.67. The second-order valence-corrected chi connectivity index (χ2v) is 12.5. The number of ether oxygens (including phenoxy) is 3. The number of amides is 2. The highest BCUT2D eigenvalue weighted by Crippen LogP contribution is 2.32. The van der Waals surface area contributed by atoms with Crippen LogP contribution in [0.1, 0.15) is 72.1 Å². The van der Waals surface area contributed by atoms with Crippen molar-refractivity contribution in [3.05, 3.63) is 106 Å². The van der Waals surface area contributed by atoms with E-state index in [9.17, 15) is 19.2 Å². The van der Waals surface area contributed by atoms with Gasteiger partial charge in [-0.2, -0.15) is 4.68 Å². The zero-order valence-electron chi connectivity index (χ0n) is 27.5. The number of nitrogens with zero attached hydrogens (tertiary/aromatic N) is 5. The number of hydrogen-bond acceptors (Lipinski definition) is 10. The third-order valence-electron chi connectivity index (χ3n) is 8.65. The van der Waals surface area contributed by atoms with Crippen molar-refractivity contribution in [2.45, 2.75) is 63.9 Å². The molecule has 6 rings (SSSR count). The maximum absolute atomic E-state index is 15.2. The van der Waals surface area contributed by atoms with Gasteiger partial charge in [-0.3, -0.25) is 9.59 Å². The Morgan fingerprint density at radius 3 is 2.51 bits per heavy atom. The first-order chi connectivity index (χ1) is 24.7. The molecule has 1 saturated carbocycles. The van der Waals surface area contributed by atoms with E-state index in [0.29, 0.717) is 17.7 Å². The molecule has 1 fully saturated rings. The number of carbonyl (C=O) groups is 4. The number of fused-ring (bicyclic) bond motifs is 1. The molecule has 1 aliphatic heterocycles. The van der Waals surface area contributed by atoms with E-state index in [0.717, 1.165) is 37.7 Å². The predicted octanol–water partition coefficient (Wildman–Crippen LogP) is 6.22. The molecule has 1 N–H and O–H groups in total. The average molecular weight is 717 g/mol. The zero-order chi connectivity index (χ0) is 35.9. The van der Waals surface area contributed by atoms with E-state index in [1.54, 1.807) is 12.1 Å². The number of anilines is 1. The number of hydrogen-bond donors (Lipinski definition) is 1. The Balaban J connectivity index is 1.13. The minimum absolute atomic E-state index is 0.0134. The van der Waals surface area contributed by atoms with Crippen LogP contribution in [-0.4, -0.2) is 68.0 Å². The summed E-state index contributed by atoms with van der Waals surface area (Å²) in [5, 5.41) is 13.7. The monoisotopic (exact) mass is 716 g/mol. The Kier molecular flexibility index (Phi) is 11.0. The molecule has 51 heavy (non-hydrogen) atoms. The molecule has 13 nitrogen and oxygen atoms in total. The van der Waals surface area contributed by atoms with Gasteiger partial charge in [0, 0.05) is 30.8 Å². The fraction of sp³-hybridized carbons (Fsp3) is 0.306. The highest BCUT2D eigenvalue weighted by atomic mass is 35.5. The Bertz CT molecular complexity index is 1930. The number of aromatic nitrogens is 4. The van der Waals surface area contributed by atoms with Crippen molar-refractivity contribution in [3.8, 4) is 5.69 Å². The number of esters is 1. The summed E-state index contributed by atoms with van der Waals surface area (Å²) >= 11 is 6.04. The maximum Gasteiger partial charge on any atom is 0.511 e. The van der Waals surface area contributed by atoms with Crippen LogP contribution in [0.15, 0.2) is 73.1 Å². The molecule has 2 aliphatic rings. The van der Waals surface area contributed by atoms with Gasteiger partial charge >= 0.3 is 12.1 Å². The lowest BCUT2D eigenvalue weighted by molar-refractivity contribution is -0.135. The van der Waals surface area contributed by atoms with Crippen molar-refractivity contribution < 1.29 is 37.8 Å². The summed E-state index contributed by atoms with van der Waals surface area (Å²) in [5.74, 6) is -2.54. The number of tetrazole rings is 1. The van der Waals surface area contributed by atoms with Gasteiger partial charge in [0.05, 0.1) is 16.3 Å². The number of carbonyl (C=O) groups excluding carboxylic acids is 4. The summed E-state index contributed by atoms with van der Waals surface area (Å²) < 4.78 is 32.0. The quantitative estimate of drug-likeness (QED) is 0.120.